The second-order valence-corrected chi connectivity index (χ2v) is 7.40. The van der Waals surface area contributed by atoms with Gasteiger partial charge in [-0.15, -0.1) is 10.2 Å². The van der Waals surface area contributed by atoms with Gasteiger partial charge < -0.3 is 4.90 Å². The maximum atomic E-state index is 11.5. The molecule has 0 fully saturated rings. The summed E-state index contributed by atoms with van der Waals surface area (Å²) in [7, 11) is 3.87. The zero-order chi connectivity index (χ0) is 20.5. The van der Waals surface area contributed by atoms with Crippen molar-refractivity contribution >= 4 is 34.1 Å². The number of aryl methyl sites for hydroxylation is 2. The Hall–Kier alpha value is -2.39. The Balaban J connectivity index is 2.71. The van der Waals surface area contributed by atoms with Crippen molar-refractivity contribution in [1.29, 1.82) is 0 Å². The normalized spacial score (nSPS) is 12.5. The quantitative estimate of drug-likeness (QED) is 0.583. The summed E-state index contributed by atoms with van der Waals surface area (Å²) < 4.78 is 23.5. The van der Waals surface area contributed by atoms with E-state index in [4.69, 9.17) is 0 Å². The van der Waals surface area contributed by atoms with Crippen LogP contribution in [-0.2, 0) is 11.3 Å². The zero-order valence-corrected chi connectivity index (χ0v) is 17.8. The van der Waals surface area contributed by atoms with Gasteiger partial charge in [0.2, 0.25) is 0 Å². The number of rotatable bonds is 5. The molecule has 0 bridgehead atoms. The van der Waals surface area contributed by atoms with Crippen molar-refractivity contribution in [3.63, 3.8) is 0 Å². The molecule has 0 radical (unpaired) electrons. The molecule has 0 spiro atoms. The van der Waals surface area contributed by atoms with E-state index < -0.39 is 11.3 Å². The molecule has 0 saturated heterocycles. The van der Waals surface area contributed by atoms with Crippen molar-refractivity contribution in [2.75, 3.05) is 23.7 Å². The van der Waals surface area contributed by atoms with Crippen LogP contribution in [0.3, 0.4) is 0 Å². The first kappa shape index (κ1) is 20.9. The van der Waals surface area contributed by atoms with E-state index in [2.05, 4.69) is 24.9 Å². The third kappa shape index (κ3) is 4.30. The molecule has 0 saturated carbocycles. The number of anilines is 2. The molecule has 8 nitrogen and oxygen atoms in total. The Labute approximate surface area is 162 Å². The SMILES string of the molecule is Cc1nc(C)c(C)c(N=Nc2c(C)c(C)c(N(C)C)c(C)c2NS(=O)O)n1. The minimum atomic E-state index is -2.23. The van der Waals surface area contributed by atoms with Crippen LogP contribution >= 0.6 is 0 Å². The lowest BCUT2D eigenvalue weighted by Gasteiger charge is -2.24. The molecule has 0 aliphatic rings. The van der Waals surface area contributed by atoms with Gasteiger partial charge in [-0.05, 0) is 58.2 Å². The largest absolute Gasteiger partial charge is 0.377 e. The monoisotopic (exact) mass is 390 g/mol. The number of benzene rings is 1. The van der Waals surface area contributed by atoms with E-state index in [1.165, 1.54) is 0 Å². The van der Waals surface area contributed by atoms with Gasteiger partial charge >= 0.3 is 0 Å². The number of nitrogens with zero attached hydrogens (tertiary/aromatic N) is 5. The molecule has 27 heavy (non-hydrogen) atoms. The zero-order valence-electron chi connectivity index (χ0n) is 17.0. The fourth-order valence-electron chi connectivity index (χ4n) is 3.07. The van der Waals surface area contributed by atoms with Crippen molar-refractivity contribution in [1.82, 2.24) is 9.97 Å². The van der Waals surface area contributed by atoms with E-state index in [0.29, 0.717) is 23.0 Å². The lowest BCUT2D eigenvalue weighted by molar-refractivity contribution is 0.570. The number of nitrogens with one attached hydrogen (secondary N) is 1. The first-order chi connectivity index (χ1) is 12.5. The molecule has 2 aromatic rings. The first-order valence-corrected chi connectivity index (χ1v) is 9.57. The van der Waals surface area contributed by atoms with E-state index in [1.54, 1.807) is 6.92 Å². The van der Waals surface area contributed by atoms with E-state index in [9.17, 15) is 8.76 Å². The predicted molar refractivity (Wildman–Crippen MR) is 110 cm³/mol. The highest BCUT2D eigenvalue weighted by molar-refractivity contribution is 7.80. The van der Waals surface area contributed by atoms with Crippen molar-refractivity contribution in [3.05, 3.63) is 33.8 Å². The average Bonchev–Trinajstić information content (AvgIpc) is 2.55. The molecule has 0 amide bonds. The third-order valence-corrected chi connectivity index (χ3v) is 4.98. The summed E-state index contributed by atoms with van der Waals surface area (Å²) in [6.45, 7) is 11.4. The van der Waals surface area contributed by atoms with Gasteiger partial charge in [0.15, 0.2) is 5.82 Å². The second-order valence-electron chi connectivity index (χ2n) is 6.70. The van der Waals surface area contributed by atoms with Crippen LogP contribution in [0.5, 0.6) is 0 Å². The van der Waals surface area contributed by atoms with Crippen LogP contribution < -0.4 is 9.62 Å². The highest BCUT2D eigenvalue weighted by atomic mass is 32.2. The van der Waals surface area contributed by atoms with Gasteiger partial charge in [-0.3, -0.25) is 9.27 Å². The van der Waals surface area contributed by atoms with Crippen LogP contribution in [0.25, 0.3) is 0 Å². The molecule has 146 valence electrons. The molecular formula is C18H26N6O2S. The number of hydrogen-bond donors (Lipinski definition) is 2. The first-order valence-electron chi connectivity index (χ1n) is 8.46. The van der Waals surface area contributed by atoms with Crippen molar-refractivity contribution in [2.24, 2.45) is 10.2 Å². The average molecular weight is 391 g/mol. The van der Waals surface area contributed by atoms with Crippen molar-refractivity contribution in [3.8, 4) is 0 Å². The minimum Gasteiger partial charge on any atom is -0.377 e. The van der Waals surface area contributed by atoms with Crippen molar-refractivity contribution < 1.29 is 8.76 Å². The molecule has 2 rings (SSSR count). The van der Waals surface area contributed by atoms with E-state index >= 15 is 0 Å². The maximum absolute atomic E-state index is 11.5. The Morgan fingerprint density at radius 3 is 2.11 bits per heavy atom. The minimum absolute atomic E-state index is 0.478. The predicted octanol–water partition coefficient (Wildman–Crippen LogP) is 4.36. The molecule has 0 aliphatic heterocycles. The standard InChI is InChI=1S/C18H26N6O2S/c1-9-10(2)17(24(7)8)12(4)16(23-27(25)26)15(9)21-22-18-11(3)13(5)19-14(6)20-18/h23H,1-8H3,(H,25,26). The van der Waals surface area contributed by atoms with Gasteiger partial charge in [0.1, 0.15) is 11.5 Å². The number of aromatic nitrogens is 2. The summed E-state index contributed by atoms with van der Waals surface area (Å²) in [6, 6.07) is 0. The van der Waals surface area contributed by atoms with Crippen LogP contribution in [0.4, 0.5) is 22.9 Å². The topological polar surface area (TPSA) is 103 Å². The molecule has 1 aromatic carbocycles. The fraction of sp³-hybridized carbons (Fsp3) is 0.444. The molecule has 1 atom stereocenters. The maximum Gasteiger partial charge on any atom is 0.259 e. The Morgan fingerprint density at radius 2 is 1.56 bits per heavy atom. The van der Waals surface area contributed by atoms with Gasteiger partial charge in [-0.25, -0.2) is 14.2 Å². The summed E-state index contributed by atoms with van der Waals surface area (Å²) in [5.41, 5.74) is 6.40. The van der Waals surface area contributed by atoms with Crippen LogP contribution in [0.15, 0.2) is 10.2 Å². The third-order valence-electron chi connectivity index (χ3n) is 4.60. The van der Waals surface area contributed by atoms with E-state index in [-0.39, 0.29) is 0 Å². The summed E-state index contributed by atoms with van der Waals surface area (Å²) in [5.74, 6) is 1.11. The lowest BCUT2D eigenvalue weighted by Crippen LogP contribution is -2.15. The summed E-state index contributed by atoms with van der Waals surface area (Å²) >= 11 is -2.23. The number of hydrogen-bond acceptors (Lipinski definition) is 6. The van der Waals surface area contributed by atoms with Crippen LogP contribution in [-0.4, -0.2) is 32.8 Å². The van der Waals surface area contributed by atoms with Gasteiger partial charge in [0.05, 0.1) is 5.69 Å². The summed E-state index contributed by atoms with van der Waals surface area (Å²) in [6.07, 6.45) is 0. The molecular weight excluding hydrogens is 364 g/mol. The van der Waals surface area contributed by atoms with Gasteiger partial charge in [0, 0.05) is 31.0 Å². The van der Waals surface area contributed by atoms with Gasteiger partial charge in [0.25, 0.3) is 11.3 Å². The molecule has 9 heteroatoms. The smallest absolute Gasteiger partial charge is 0.259 e. The lowest BCUT2D eigenvalue weighted by atomic mass is 9.98. The van der Waals surface area contributed by atoms with Gasteiger partial charge in [-0.1, -0.05) is 0 Å². The summed E-state index contributed by atoms with van der Waals surface area (Å²) in [4.78, 5) is 10.6. The van der Waals surface area contributed by atoms with E-state index in [0.717, 1.165) is 33.6 Å². The van der Waals surface area contributed by atoms with Crippen LogP contribution in [0, 0.1) is 41.5 Å². The Morgan fingerprint density at radius 1 is 0.926 bits per heavy atom. The summed E-state index contributed by atoms with van der Waals surface area (Å²) in [5, 5.41) is 8.73. The molecule has 0 aliphatic carbocycles. The Bertz CT molecular complexity index is 940. The number of azo groups is 1. The second kappa shape index (κ2) is 8.10. The molecule has 1 aromatic heterocycles. The van der Waals surface area contributed by atoms with Crippen molar-refractivity contribution in [2.45, 2.75) is 41.5 Å². The van der Waals surface area contributed by atoms with Crippen LogP contribution in [0.2, 0.25) is 0 Å². The highest BCUT2D eigenvalue weighted by Gasteiger charge is 2.20. The fourth-order valence-corrected chi connectivity index (χ4v) is 3.50. The molecule has 2 N–H and O–H groups in total. The van der Waals surface area contributed by atoms with E-state index in [1.807, 2.05) is 53.6 Å². The Kier molecular flexibility index (Phi) is 6.27. The molecule has 1 heterocycles. The highest BCUT2D eigenvalue weighted by Crippen LogP contribution is 2.42. The molecule has 1 unspecified atom stereocenters. The van der Waals surface area contributed by atoms with Crippen LogP contribution in [0.1, 0.15) is 33.8 Å². The van der Waals surface area contributed by atoms with Gasteiger partial charge in [-0.2, -0.15) is 0 Å².